The van der Waals surface area contributed by atoms with E-state index in [2.05, 4.69) is 12.2 Å². The molecule has 134 valence electrons. The van der Waals surface area contributed by atoms with E-state index in [-0.39, 0.29) is 6.09 Å². The molecule has 0 aromatic carbocycles. The van der Waals surface area contributed by atoms with Crippen LogP contribution in [0.25, 0.3) is 0 Å². The molecule has 0 radical (unpaired) electrons. The lowest BCUT2D eigenvalue weighted by Crippen LogP contribution is -2.49. The van der Waals surface area contributed by atoms with E-state index < -0.39 is 5.60 Å². The van der Waals surface area contributed by atoms with Crippen LogP contribution in [0, 0.1) is 5.92 Å². The number of nitrogens with zero attached hydrogens (tertiary/aromatic N) is 1. The van der Waals surface area contributed by atoms with Gasteiger partial charge in [0, 0.05) is 32.3 Å². The summed E-state index contributed by atoms with van der Waals surface area (Å²) in [5.74, 6) is 0.498. The van der Waals surface area contributed by atoms with Crippen molar-refractivity contribution in [3.8, 4) is 0 Å². The number of piperidine rings is 1. The summed E-state index contributed by atoms with van der Waals surface area (Å²) in [6.07, 6.45) is 5.90. The number of carbonyl (C=O) groups excluding carboxylic acids is 1. The molecule has 0 spiro atoms. The van der Waals surface area contributed by atoms with Gasteiger partial charge in [0.25, 0.3) is 0 Å². The van der Waals surface area contributed by atoms with Crippen molar-refractivity contribution in [2.45, 2.75) is 83.6 Å². The maximum Gasteiger partial charge on any atom is 0.410 e. The maximum atomic E-state index is 12.3. The Morgan fingerprint density at radius 2 is 2.00 bits per heavy atom. The van der Waals surface area contributed by atoms with E-state index in [1.807, 2.05) is 25.7 Å². The first-order chi connectivity index (χ1) is 10.8. The molecule has 0 bridgehead atoms. The average molecular weight is 326 g/mol. The molecule has 1 N–H and O–H groups in total. The number of rotatable bonds is 4. The Morgan fingerprint density at radius 1 is 1.26 bits per heavy atom. The smallest absolute Gasteiger partial charge is 0.410 e. The topological polar surface area (TPSA) is 50.8 Å². The van der Waals surface area contributed by atoms with E-state index in [1.54, 1.807) is 7.11 Å². The molecular formula is C18H34N2O3. The molecule has 2 fully saturated rings. The zero-order chi connectivity index (χ0) is 17.0. The van der Waals surface area contributed by atoms with E-state index in [1.165, 1.54) is 12.8 Å². The zero-order valence-corrected chi connectivity index (χ0v) is 15.4. The minimum atomic E-state index is -0.424. The second-order valence-electron chi connectivity index (χ2n) is 8.15. The van der Waals surface area contributed by atoms with E-state index in [0.29, 0.717) is 24.1 Å². The maximum absolute atomic E-state index is 12.3. The van der Waals surface area contributed by atoms with Crippen molar-refractivity contribution in [2.24, 2.45) is 5.92 Å². The summed E-state index contributed by atoms with van der Waals surface area (Å²) in [6.45, 7) is 9.62. The molecule has 4 unspecified atom stereocenters. The van der Waals surface area contributed by atoms with Crippen LogP contribution < -0.4 is 5.32 Å². The van der Waals surface area contributed by atoms with Crippen LogP contribution >= 0.6 is 0 Å². The number of likely N-dealkylation sites (tertiary alicyclic amines) is 1. The van der Waals surface area contributed by atoms with Crippen molar-refractivity contribution in [3.05, 3.63) is 0 Å². The van der Waals surface area contributed by atoms with Gasteiger partial charge in [-0.3, -0.25) is 0 Å². The SMILES string of the molecule is COC1CCC(NC(C)C2CCCN(C(=O)OC(C)(C)C)C2)C1. The Balaban J connectivity index is 1.82. The van der Waals surface area contributed by atoms with Crippen LogP contribution in [0.4, 0.5) is 4.79 Å². The lowest BCUT2D eigenvalue weighted by atomic mass is 9.91. The van der Waals surface area contributed by atoms with Crippen LogP contribution in [0.1, 0.15) is 59.8 Å². The second-order valence-corrected chi connectivity index (χ2v) is 8.15. The quantitative estimate of drug-likeness (QED) is 0.862. The van der Waals surface area contributed by atoms with Gasteiger partial charge in [0.2, 0.25) is 0 Å². The van der Waals surface area contributed by atoms with Crippen LogP contribution in [0.5, 0.6) is 0 Å². The van der Waals surface area contributed by atoms with Gasteiger partial charge in [-0.05, 0) is 65.7 Å². The Bertz CT molecular complexity index is 394. The first-order valence-corrected chi connectivity index (χ1v) is 9.05. The van der Waals surface area contributed by atoms with E-state index in [9.17, 15) is 4.79 Å². The molecule has 4 atom stereocenters. The van der Waals surface area contributed by atoms with Crippen molar-refractivity contribution >= 4 is 6.09 Å². The number of nitrogens with one attached hydrogen (secondary N) is 1. The number of methoxy groups -OCH3 is 1. The fraction of sp³-hybridized carbons (Fsp3) is 0.944. The number of hydrogen-bond acceptors (Lipinski definition) is 4. The summed E-state index contributed by atoms with van der Waals surface area (Å²) in [4.78, 5) is 14.2. The number of carbonyl (C=O) groups is 1. The first-order valence-electron chi connectivity index (χ1n) is 9.05. The lowest BCUT2D eigenvalue weighted by molar-refractivity contribution is 0.0146. The minimum Gasteiger partial charge on any atom is -0.444 e. The Labute approximate surface area is 141 Å². The highest BCUT2D eigenvalue weighted by molar-refractivity contribution is 5.68. The summed E-state index contributed by atoms with van der Waals surface area (Å²) in [7, 11) is 1.80. The predicted octanol–water partition coefficient (Wildman–Crippen LogP) is 3.18. The van der Waals surface area contributed by atoms with Crippen molar-refractivity contribution in [3.63, 3.8) is 0 Å². The standard InChI is InChI=1S/C18H34N2O3/c1-13(19-15-8-9-16(11-15)22-5)14-7-6-10-20(12-14)17(21)23-18(2,3)4/h13-16,19H,6-12H2,1-5H3. The molecule has 2 aliphatic rings. The summed E-state index contributed by atoms with van der Waals surface area (Å²) >= 11 is 0. The Kier molecular flexibility index (Phi) is 6.32. The molecule has 1 heterocycles. The van der Waals surface area contributed by atoms with Crippen molar-refractivity contribution < 1.29 is 14.3 Å². The van der Waals surface area contributed by atoms with Gasteiger partial charge in [0.1, 0.15) is 5.60 Å². The number of hydrogen-bond donors (Lipinski definition) is 1. The molecule has 1 amide bonds. The highest BCUT2D eigenvalue weighted by Gasteiger charge is 2.32. The minimum absolute atomic E-state index is 0.172. The van der Waals surface area contributed by atoms with Crippen molar-refractivity contribution in [1.29, 1.82) is 0 Å². The van der Waals surface area contributed by atoms with Crippen LogP contribution in [0.2, 0.25) is 0 Å². The second kappa shape index (κ2) is 7.84. The largest absolute Gasteiger partial charge is 0.444 e. The van der Waals surface area contributed by atoms with Gasteiger partial charge >= 0.3 is 6.09 Å². The fourth-order valence-electron chi connectivity index (χ4n) is 3.72. The third-order valence-electron chi connectivity index (χ3n) is 5.03. The zero-order valence-electron chi connectivity index (χ0n) is 15.4. The summed E-state index contributed by atoms with van der Waals surface area (Å²) in [6, 6.07) is 0.965. The van der Waals surface area contributed by atoms with Gasteiger partial charge in [0.05, 0.1) is 6.10 Å². The van der Waals surface area contributed by atoms with Crippen LogP contribution in [-0.2, 0) is 9.47 Å². The van der Waals surface area contributed by atoms with E-state index in [4.69, 9.17) is 9.47 Å². The normalized spacial score (nSPS) is 30.3. The molecule has 1 aliphatic carbocycles. The summed E-state index contributed by atoms with van der Waals surface area (Å²) in [5, 5.41) is 3.76. The van der Waals surface area contributed by atoms with Crippen LogP contribution in [0.15, 0.2) is 0 Å². The first kappa shape index (κ1) is 18.5. The molecule has 1 saturated carbocycles. The Hall–Kier alpha value is -0.810. The van der Waals surface area contributed by atoms with E-state index >= 15 is 0 Å². The highest BCUT2D eigenvalue weighted by Crippen LogP contribution is 2.26. The van der Waals surface area contributed by atoms with E-state index in [0.717, 1.165) is 32.4 Å². The monoisotopic (exact) mass is 326 g/mol. The van der Waals surface area contributed by atoms with Gasteiger partial charge in [-0.25, -0.2) is 4.79 Å². The highest BCUT2D eigenvalue weighted by atomic mass is 16.6. The van der Waals surface area contributed by atoms with Gasteiger partial charge in [0.15, 0.2) is 0 Å². The molecule has 1 aliphatic heterocycles. The van der Waals surface area contributed by atoms with Gasteiger partial charge in [-0.15, -0.1) is 0 Å². The van der Waals surface area contributed by atoms with Gasteiger partial charge in [-0.2, -0.15) is 0 Å². The van der Waals surface area contributed by atoms with Gasteiger partial charge < -0.3 is 19.7 Å². The molecule has 1 saturated heterocycles. The lowest BCUT2D eigenvalue weighted by Gasteiger charge is -2.37. The Morgan fingerprint density at radius 3 is 2.61 bits per heavy atom. The third-order valence-corrected chi connectivity index (χ3v) is 5.03. The summed E-state index contributed by atoms with van der Waals surface area (Å²) < 4.78 is 11.0. The van der Waals surface area contributed by atoms with Crippen molar-refractivity contribution in [2.75, 3.05) is 20.2 Å². The number of ether oxygens (including phenoxy) is 2. The van der Waals surface area contributed by atoms with Gasteiger partial charge in [-0.1, -0.05) is 0 Å². The number of amides is 1. The molecule has 5 heteroatoms. The molecule has 23 heavy (non-hydrogen) atoms. The third kappa shape index (κ3) is 5.64. The molecule has 0 aromatic rings. The van der Waals surface area contributed by atoms with Crippen molar-refractivity contribution in [1.82, 2.24) is 10.2 Å². The fourth-order valence-corrected chi connectivity index (χ4v) is 3.72. The summed E-state index contributed by atoms with van der Waals surface area (Å²) in [5.41, 5.74) is -0.424. The molecular weight excluding hydrogens is 292 g/mol. The van der Waals surface area contributed by atoms with Crippen LogP contribution in [0.3, 0.4) is 0 Å². The molecule has 2 rings (SSSR count). The molecule has 0 aromatic heterocycles. The molecule has 5 nitrogen and oxygen atoms in total. The average Bonchev–Trinajstić information content (AvgIpc) is 2.93. The van der Waals surface area contributed by atoms with Crippen LogP contribution in [-0.4, -0.2) is 55.0 Å². The predicted molar refractivity (Wildman–Crippen MR) is 91.6 cm³/mol.